The number of carbonyl (C=O) groups excluding carboxylic acids is 1. The molecule has 4 rings (SSSR count). The number of aromatic amines is 1. The number of nitrogens with zero attached hydrogens (tertiary/aromatic N) is 3. The number of carbonyl (C=O) groups is 1. The second-order valence-electron chi connectivity index (χ2n) is 7.80. The molecule has 1 saturated heterocycles. The maximum Gasteiger partial charge on any atom is 0.227 e. The number of piperidine rings is 1. The molecule has 2 heterocycles. The summed E-state index contributed by atoms with van der Waals surface area (Å²) in [5.41, 5.74) is 2.46. The number of amides is 1. The van der Waals surface area contributed by atoms with E-state index < -0.39 is 0 Å². The van der Waals surface area contributed by atoms with Gasteiger partial charge in [-0.05, 0) is 36.2 Å². The van der Waals surface area contributed by atoms with Gasteiger partial charge in [0, 0.05) is 25.7 Å². The second-order valence-corrected chi connectivity index (χ2v) is 8.18. The summed E-state index contributed by atoms with van der Waals surface area (Å²) in [6, 6.07) is 20.8. The Morgan fingerprint density at radius 3 is 2.23 bits per heavy atom. The van der Waals surface area contributed by atoms with Gasteiger partial charge >= 0.3 is 0 Å². The standard InChI is InChI=1S/C23H27N5OS/c29-22(15-21-25-26-23(30)28(21)17-19-9-5-2-6-10-19)24-20-11-13-27(14-12-20)16-18-7-3-1-4-8-18/h1-10,20H,11-17H2,(H,24,29)(H,26,30). The fourth-order valence-electron chi connectivity index (χ4n) is 3.91. The van der Waals surface area contributed by atoms with E-state index in [0.29, 0.717) is 17.1 Å². The molecule has 30 heavy (non-hydrogen) atoms. The van der Waals surface area contributed by atoms with E-state index in [0.717, 1.165) is 38.0 Å². The van der Waals surface area contributed by atoms with E-state index >= 15 is 0 Å². The van der Waals surface area contributed by atoms with Gasteiger partial charge in [0.15, 0.2) is 4.77 Å². The highest BCUT2D eigenvalue weighted by Crippen LogP contribution is 2.14. The predicted molar refractivity (Wildman–Crippen MR) is 120 cm³/mol. The van der Waals surface area contributed by atoms with Crippen molar-refractivity contribution >= 4 is 18.1 Å². The van der Waals surface area contributed by atoms with Crippen molar-refractivity contribution in [2.24, 2.45) is 0 Å². The molecule has 0 saturated carbocycles. The number of likely N-dealkylation sites (tertiary alicyclic amines) is 1. The van der Waals surface area contributed by atoms with Crippen molar-refractivity contribution < 1.29 is 4.79 Å². The third-order valence-corrected chi connectivity index (χ3v) is 5.85. The summed E-state index contributed by atoms with van der Waals surface area (Å²) in [6.45, 7) is 3.56. The Morgan fingerprint density at radius 1 is 1.00 bits per heavy atom. The molecule has 0 bridgehead atoms. The molecular weight excluding hydrogens is 394 g/mol. The highest BCUT2D eigenvalue weighted by molar-refractivity contribution is 7.71. The molecule has 0 spiro atoms. The lowest BCUT2D eigenvalue weighted by molar-refractivity contribution is -0.121. The molecule has 7 heteroatoms. The first-order valence-corrected chi connectivity index (χ1v) is 10.8. The lowest BCUT2D eigenvalue weighted by Crippen LogP contribution is -2.45. The minimum atomic E-state index is -0.000166. The van der Waals surface area contributed by atoms with Crippen LogP contribution in [0.1, 0.15) is 29.8 Å². The molecule has 0 atom stereocenters. The van der Waals surface area contributed by atoms with Gasteiger partial charge in [-0.3, -0.25) is 19.4 Å². The van der Waals surface area contributed by atoms with Crippen LogP contribution in [0.25, 0.3) is 0 Å². The molecule has 1 amide bonds. The van der Waals surface area contributed by atoms with E-state index in [4.69, 9.17) is 12.2 Å². The maximum absolute atomic E-state index is 12.6. The highest BCUT2D eigenvalue weighted by atomic mass is 32.1. The average Bonchev–Trinajstić information content (AvgIpc) is 3.10. The van der Waals surface area contributed by atoms with Crippen LogP contribution in [0, 0.1) is 4.77 Å². The fraction of sp³-hybridized carbons (Fsp3) is 0.348. The molecular formula is C23H27N5OS. The Balaban J connectivity index is 1.28. The minimum Gasteiger partial charge on any atom is -0.353 e. The van der Waals surface area contributed by atoms with Crippen molar-refractivity contribution in [1.29, 1.82) is 0 Å². The van der Waals surface area contributed by atoms with E-state index in [1.54, 1.807) is 0 Å². The van der Waals surface area contributed by atoms with Crippen molar-refractivity contribution in [2.45, 2.75) is 38.4 Å². The molecule has 2 aromatic carbocycles. The molecule has 3 aromatic rings. The van der Waals surface area contributed by atoms with Crippen LogP contribution in [0.4, 0.5) is 0 Å². The summed E-state index contributed by atoms with van der Waals surface area (Å²) >= 11 is 5.36. The zero-order valence-electron chi connectivity index (χ0n) is 17.0. The Morgan fingerprint density at radius 2 is 1.60 bits per heavy atom. The summed E-state index contributed by atoms with van der Waals surface area (Å²) in [5, 5.41) is 10.3. The SMILES string of the molecule is O=C(Cc1n[nH]c(=S)n1Cc1ccccc1)NC1CCN(Cc2ccccc2)CC1. The molecule has 1 aromatic heterocycles. The van der Waals surface area contributed by atoms with Crippen molar-refractivity contribution in [2.75, 3.05) is 13.1 Å². The first-order chi connectivity index (χ1) is 14.7. The molecule has 1 aliphatic rings. The first-order valence-electron chi connectivity index (χ1n) is 10.4. The van der Waals surface area contributed by atoms with Gasteiger partial charge in [-0.1, -0.05) is 60.7 Å². The van der Waals surface area contributed by atoms with Crippen LogP contribution in [-0.2, 0) is 24.3 Å². The normalized spacial score (nSPS) is 15.2. The van der Waals surface area contributed by atoms with Gasteiger partial charge in [-0.2, -0.15) is 5.10 Å². The van der Waals surface area contributed by atoms with E-state index in [9.17, 15) is 4.79 Å². The third kappa shape index (κ3) is 5.43. The van der Waals surface area contributed by atoms with Crippen LogP contribution in [0.5, 0.6) is 0 Å². The Bertz CT molecular complexity index is 1010. The second kappa shape index (κ2) is 9.82. The number of rotatable bonds is 7. The van der Waals surface area contributed by atoms with Crippen molar-refractivity contribution in [3.63, 3.8) is 0 Å². The van der Waals surface area contributed by atoms with Gasteiger partial charge < -0.3 is 5.32 Å². The van der Waals surface area contributed by atoms with Crippen LogP contribution in [0.2, 0.25) is 0 Å². The van der Waals surface area contributed by atoms with Gasteiger partial charge in [0.1, 0.15) is 5.82 Å². The molecule has 0 unspecified atom stereocenters. The van der Waals surface area contributed by atoms with E-state index in [2.05, 4.69) is 44.7 Å². The average molecular weight is 422 g/mol. The van der Waals surface area contributed by atoms with E-state index in [-0.39, 0.29) is 18.4 Å². The fourth-order valence-corrected chi connectivity index (χ4v) is 4.13. The Kier molecular flexibility index (Phi) is 6.71. The van der Waals surface area contributed by atoms with E-state index in [1.165, 1.54) is 5.56 Å². The monoisotopic (exact) mass is 421 g/mol. The molecule has 1 fully saturated rings. The van der Waals surface area contributed by atoms with Crippen LogP contribution >= 0.6 is 12.2 Å². The van der Waals surface area contributed by atoms with Crippen molar-refractivity contribution in [1.82, 2.24) is 25.0 Å². The number of benzene rings is 2. The third-order valence-electron chi connectivity index (χ3n) is 5.54. The Hall–Kier alpha value is -2.77. The zero-order valence-corrected chi connectivity index (χ0v) is 17.8. The van der Waals surface area contributed by atoms with Crippen LogP contribution in [0.3, 0.4) is 0 Å². The molecule has 6 nitrogen and oxygen atoms in total. The molecule has 2 N–H and O–H groups in total. The van der Waals surface area contributed by atoms with Gasteiger partial charge in [0.05, 0.1) is 13.0 Å². The number of H-pyrrole nitrogens is 1. The number of hydrogen-bond acceptors (Lipinski definition) is 4. The minimum absolute atomic E-state index is 0.000166. The van der Waals surface area contributed by atoms with Crippen molar-refractivity contribution in [3.05, 3.63) is 82.4 Å². The number of hydrogen-bond donors (Lipinski definition) is 2. The van der Waals surface area contributed by atoms with Crippen molar-refractivity contribution in [3.8, 4) is 0 Å². The highest BCUT2D eigenvalue weighted by Gasteiger charge is 2.21. The smallest absolute Gasteiger partial charge is 0.227 e. The number of aromatic nitrogens is 3. The Labute approximate surface area is 181 Å². The summed E-state index contributed by atoms with van der Waals surface area (Å²) < 4.78 is 2.43. The molecule has 0 aliphatic carbocycles. The predicted octanol–water partition coefficient (Wildman–Crippen LogP) is 3.31. The largest absolute Gasteiger partial charge is 0.353 e. The lowest BCUT2D eigenvalue weighted by atomic mass is 10.0. The summed E-state index contributed by atoms with van der Waals surface area (Å²) in [5.74, 6) is 0.669. The van der Waals surface area contributed by atoms with E-state index in [1.807, 2.05) is 41.0 Å². The van der Waals surface area contributed by atoms with Gasteiger partial charge in [0.2, 0.25) is 5.91 Å². The molecule has 0 radical (unpaired) electrons. The van der Waals surface area contributed by atoms with Gasteiger partial charge in [0.25, 0.3) is 0 Å². The summed E-state index contributed by atoms with van der Waals surface area (Å²) in [4.78, 5) is 15.1. The van der Waals surface area contributed by atoms with Gasteiger partial charge in [-0.25, -0.2) is 0 Å². The number of nitrogens with one attached hydrogen (secondary N) is 2. The lowest BCUT2D eigenvalue weighted by Gasteiger charge is -2.32. The maximum atomic E-state index is 12.6. The first kappa shape index (κ1) is 20.5. The van der Waals surface area contributed by atoms with Crippen LogP contribution in [0.15, 0.2) is 60.7 Å². The quantitative estimate of drug-likeness (QED) is 0.575. The summed E-state index contributed by atoms with van der Waals surface area (Å²) in [6.07, 6.45) is 2.16. The topological polar surface area (TPSA) is 66.0 Å². The van der Waals surface area contributed by atoms with Crippen LogP contribution < -0.4 is 5.32 Å². The molecule has 1 aliphatic heterocycles. The van der Waals surface area contributed by atoms with Crippen LogP contribution in [-0.4, -0.2) is 44.7 Å². The van der Waals surface area contributed by atoms with Gasteiger partial charge in [-0.15, -0.1) is 0 Å². The molecule has 156 valence electrons. The zero-order chi connectivity index (χ0) is 20.8. The summed E-state index contributed by atoms with van der Waals surface area (Å²) in [7, 11) is 0.